The smallest absolute Gasteiger partial charge is 0.0968 e. The lowest BCUT2D eigenvalue weighted by Crippen LogP contribution is -2.46. The van der Waals surface area contributed by atoms with Crippen molar-refractivity contribution in [1.82, 2.24) is 0 Å². The molecule has 2 rings (SSSR count). The first-order valence-corrected chi connectivity index (χ1v) is 6.10. The molecule has 0 radical (unpaired) electrons. The Morgan fingerprint density at radius 2 is 2.00 bits per heavy atom. The van der Waals surface area contributed by atoms with E-state index in [4.69, 9.17) is 10.5 Å². The van der Waals surface area contributed by atoms with Crippen LogP contribution in [0.2, 0.25) is 0 Å². The van der Waals surface area contributed by atoms with Crippen LogP contribution in [0.15, 0.2) is 30.3 Å². The lowest BCUT2D eigenvalue weighted by atomic mass is 9.76. The first-order chi connectivity index (χ1) is 7.65. The summed E-state index contributed by atoms with van der Waals surface area (Å²) in [5.41, 5.74) is 7.19. The predicted octanol–water partition coefficient (Wildman–Crippen LogP) is 2.68. The van der Waals surface area contributed by atoms with E-state index < -0.39 is 0 Å². The van der Waals surface area contributed by atoms with Gasteiger partial charge in [0.25, 0.3) is 0 Å². The third-order valence-corrected chi connectivity index (χ3v) is 3.61. The monoisotopic (exact) mass is 219 g/mol. The number of nitrogens with two attached hydrogens (primary N) is 1. The summed E-state index contributed by atoms with van der Waals surface area (Å²) < 4.78 is 6.10. The molecule has 0 aromatic heterocycles. The standard InChI is InChI=1S/C14H21NO/c1-11(2)14(10-13(15)8-9-16-14)12-6-4-3-5-7-12/h3-7,11,13H,8-10,15H2,1-2H3. The van der Waals surface area contributed by atoms with E-state index in [9.17, 15) is 0 Å². The van der Waals surface area contributed by atoms with Crippen molar-refractivity contribution in [1.29, 1.82) is 0 Å². The summed E-state index contributed by atoms with van der Waals surface area (Å²) in [4.78, 5) is 0. The number of benzene rings is 1. The Balaban J connectivity index is 2.36. The molecule has 0 aliphatic carbocycles. The van der Waals surface area contributed by atoms with Crippen molar-refractivity contribution in [2.75, 3.05) is 6.61 Å². The molecule has 1 aliphatic rings. The van der Waals surface area contributed by atoms with Crippen molar-refractivity contribution in [3.8, 4) is 0 Å². The van der Waals surface area contributed by atoms with Gasteiger partial charge in [-0.2, -0.15) is 0 Å². The minimum Gasteiger partial charge on any atom is -0.370 e. The molecule has 1 heterocycles. The SMILES string of the molecule is CC(C)C1(c2ccccc2)CC(N)CCO1. The van der Waals surface area contributed by atoms with Crippen LogP contribution in [0.25, 0.3) is 0 Å². The van der Waals surface area contributed by atoms with Crippen LogP contribution < -0.4 is 5.73 Å². The topological polar surface area (TPSA) is 35.2 Å². The van der Waals surface area contributed by atoms with Gasteiger partial charge in [0, 0.05) is 12.6 Å². The maximum absolute atomic E-state index is 6.11. The van der Waals surface area contributed by atoms with Crippen molar-refractivity contribution in [2.24, 2.45) is 11.7 Å². The number of hydrogen-bond donors (Lipinski definition) is 1. The largest absolute Gasteiger partial charge is 0.370 e. The molecule has 16 heavy (non-hydrogen) atoms. The molecule has 1 saturated heterocycles. The minimum atomic E-state index is -0.182. The normalized spacial score (nSPS) is 30.6. The molecule has 1 aliphatic heterocycles. The first kappa shape index (κ1) is 11.6. The van der Waals surface area contributed by atoms with Crippen LogP contribution in [0.5, 0.6) is 0 Å². The van der Waals surface area contributed by atoms with Gasteiger partial charge in [0.05, 0.1) is 5.60 Å². The molecule has 2 unspecified atom stereocenters. The highest BCUT2D eigenvalue weighted by Crippen LogP contribution is 2.40. The number of hydrogen-bond acceptors (Lipinski definition) is 2. The van der Waals surface area contributed by atoms with Gasteiger partial charge in [-0.15, -0.1) is 0 Å². The van der Waals surface area contributed by atoms with Gasteiger partial charge in [0.2, 0.25) is 0 Å². The zero-order valence-electron chi connectivity index (χ0n) is 10.1. The predicted molar refractivity (Wildman–Crippen MR) is 66.1 cm³/mol. The average molecular weight is 219 g/mol. The van der Waals surface area contributed by atoms with Crippen molar-refractivity contribution < 1.29 is 4.74 Å². The molecular formula is C14H21NO. The summed E-state index contributed by atoms with van der Waals surface area (Å²) in [6, 6.07) is 10.7. The van der Waals surface area contributed by atoms with Crippen LogP contribution >= 0.6 is 0 Å². The van der Waals surface area contributed by atoms with Gasteiger partial charge in [-0.25, -0.2) is 0 Å². The minimum absolute atomic E-state index is 0.182. The molecule has 2 nitrogen and oxygen atoms in total. The Kier molecular flexibility index (Phi) is 3.31. The van der Waals surface area contributed by atoms with Gasteiger partial charge in [-0.1, -0.05) is 44.2 Å². The van der Waals surface area contributed by atoms with Gasteiger partial charge in [-0.3, -0.25) is 0 Å². The molecule has 1 aromatic carbocycles. The molecule has 2 atom stereocenters. The van der Waals surface area contributed by atoms with Crippen molar-refractivity contribution in [3.05, 3.63) is 35.9 Å². The van der Waals surface area contributed by atoms with Crippen LogP contribution in [0, 0.1) is 5.92 Å². The lowest BCUT2D eigenvalue weighted by molar-refractivity contribution is -0.120. The summed E-state index contributed by atoms with van der Waals surface area (Å²) in [6.45, 7) is 5.20. The van der Waals surface area contributed by atoms with Crippen LogP contribution in [-0.2, 0) is 10.3 Å². The van der Waals surface area contributed by atoms with E-state index in [2.05, 4.69) is 38.1 Å². The van der Waals surface area contributed by atoms with E-state index in [1.54, 1.807) is 0 Å². The summed E-state index contributed by atoms with van der Waals surface area (Å²) >= 11 is 0. The molecule has 1 aromatic rings. The maximum atomic E-state index is 6.11. The second-order valence-corrected chi connectivity index (χ2v) is 5.01. The van der Waals surface area contributed by atoms with Crippen molar-refractivity contribution in [2.45, 2.75) is 38.3 Å². The quantitative estimate of drug-likeness (QED) is 0.830. The molecule has 2 N–H and O–H groups in total. The summed E-state index contributed by atoms with van der Waals surface area (Å²) in [7, 11) is 0. The van der Waals surface area contributed by atoms with E-state index in [1.165, 1.54) is 5.56 Å². The Hall–Kier alpha value is -0.860. The van der Waals surface area contributed by atoms with Crippen molar-refractivity contribution in [3.63, 3.8) is 0 Å². The van der Waals surface area contributed by atoms with Crippen LogP contribution in [0.4, 0.5) is 0 Å². The van der Waals surface area contributed by atoms with Gasteiger partial charge in [0.15, 0.2) is 0 Å². The molecule has 0 spiro atoms. The van der Waals surface area contributed by atoms with Crippen LogP contribution in [0.1, 0.15) is 32.3 Å². The second kappa shape index (κ2) is 4.56. The fraction of sp³-hybridized carbons (Fsp3) is 0.571. The Labute approximate surface area is 97.8 Å². The second-order valence-electron chi connectivity index (χ2n) is 5.01. The third-order valence-electron chi connectivity index (χ3n) is 3.61. The molecule has 0 bridgehead atoms. The average Bonchev–Trinajstić information content (AvgIpc) is 2.30. The van der Waals surface area contributed by atoms with E-state index in [-0.39, 0.29) is 11.6 Å². The highest BCUT2D eigenvalue weighted by atomic mass is 16.5. The van der Waals surface area contributed by atoms with Gasteiger partial charge in [-0.05, 0) is 24.3 Å². The molecule has 88 valence electrons. The fourth-order valence-corrected chi connectivity index (χ4v) is 2.60. The molecule has 0 amide bonds. The zero-order valence-corrected chi connectivity index (χ0v) is 10.1. The zero-order chi connectivity index (χ0) is 11.6. The van der Waals surface area contributed by atoms with Gasteiger partial charge < -0.3 is 10.5 Å². The molecule has 1 fully saturated rings. The summed E-state index contributed by atoms with van der Waals surface area (Å²) in [5, 5.41) is 0. The fourth-order valence-electron chi connectivity index (χ4n) is 2.60. The first-order valence-electron chi connectivity index (χ1n) is 6.10. The highest BCUT2D eigenvalue weighted by molar-refractivity contribution is 5.24. The lowest BCUT2D eigenvalue weighted by Gasteiger charge is -2.43. The Morgan fingerprint density at radius 1 is 1.31 bits per heavy atom. The molecule has 0 saturated carbocycles. The van der Waals surface area contributed by atoms with E-state index >= 15 is 0 Å². The summed E-state index contributed by atoms with van der Waals surface area (Å²) in [5.74, 6) is 0.446. The van der Waals surface area contributed by atoms with E-state index in [0.29, 0.717) is 5.92 Å². The van der Waals surface area contributed by atoms with E-state index in [1.807, 2.05) is 6.07 Å². The summed E-state index contributed by atoms with van der Waals surface area (Å²) in [6.07, 6.45) is 1.90. The number of ether oxygens (including phenoxy) is 1. The Bertz CT molecular complexity index is 336. The highest BCUT2D eigenvalue weighted by Gasteiger charge is 2.40. The van der Waals surface area contributed by atoms with Crippen molar-refractivity contribution >= 4 is 0 Å². The van der Waals surface area contributed by atoms with E-state index in [0.717, 1.165) is 19.4 Å². The number of rotatable bonds is 2. The molecule has 2 heteroatoms. The van der Waals surface area contributed by atoms with Crippen LogP contribution in [0.3, 0.4) is 0 Å². The van der Waals surface area contributed by atoms with Crippen LogP contribution in [-0.4, -0.2) is 12.6 Å². The third kappa shape index (κ3) is 2.00. The maximum Gasteiger partial charge on any atom is 0.0968 e. The van der Waals surface area contributed by atoms with Gasteiger partial charge >= 0.3 is 0 Å². The Morgan fingerprint density at radius 3 is 2.56 bits per heavy atom. The van der Waals surface area contributed by atoms with Gasteiger partial charge in [0.1, 0.15) is 0 Å². The molecular weight excluding hydrogens is 198 g/mol.